The van der Waals surface area contributed by atoms with E-state index in [0.29, 0.717) is 11.5 Å². The van der Waals surface area contributed by atoms with Gasteiger partial charge in [0.15, 0.2) is 0 Å². The molecule has 31 heavy (non-hydrogen) atoms. The molecule has 0 aliphatic carbocycles. The predicted molar refractivity (Wildman–Crippen MR) is 128 cm³/mol. The number of rotatable bonds is 6. The van der Waals surface area contributed by atoms with E-state index in [1.54, 1.807) is 6.20 Å². The van der Waals surface area contributed by atoms with Crippen molar-refractivity contribution < 1.29 is 0 Å². The highest BCUT2D eigenvalue weighted by molar-refractivity contribution is 6.09. The lowest BCUT2D eigenvalue weighted by Gasteiger charge is -2.39. The summed E-state index contributed by atoms with van der Waals surface area (Å²) in [4.78, 5) is 15.4. The Kier molecular flexibility index (Phi) is 6.73. The number of amidine groups is 1. The number of hydrogen-bond acceptors (Lipinski definition) is 5. The average Bonchev–Trinajstić information content (AvgIpc) is 2.81. The molecule has 1 aromatic carbocycles. The molecule has 0 saturated carbocycles. The van der Waals surface area contributed by atoms with E-state index in [0.717, 1.165) is 69.7 Å². The van der Waals surface area contributed by atoms with Gasteiger partial charge in [-0.05, 0) is 88.0 Å². The summed E-state index contributed by atoms with van der Waals surface area (Å²) >= 11 is 0. The van der Waals surface area contributed by atoms with Crippen LogP contribution in [0.3, 0.4) is 0 Å². The lowest BCUT2D eigenvalue weighted by Crippen LogP contribution is -2.47. The molecule has 2 fully saturated rings. The molecular weight excluding hydrogens is 388 g/mol. The van der Waals surface area contributed by atoms with Crippen molar-refractivity contribution in [1.29, 1.82) is 5.41 Å². The largest absolute Gasteiger partial charge is 0.379 e. The summed E-state index contributed by atoms with van der Waals surface area (Å²) in [7, 11) is 0. The number of anilines is 2. The molecule has 4 rings (SSSR count). The number of aromatic amines is 1. The van der Waals surface area contributed by atoms with Gasteiger partial charge in [0, 0.05) is 17.4 Å². The molecule has 2 aromatic rings. The topological polar surface area (TPSA) is 105 Å². The van der Waals surface area contributed by atoms with Crippen molar-refractivity contribution in [3.8, 4) is 0 Å². The third-order valence-electron chi connectivity index (χ3n) is 6.84. The van der Waals surface area contributed by atoms with E-state index < -0.39 is 0 Å². The third kappa shape index (κ3) is 4.99. The van der Waals surface area contributed by atoms with Crippen LogP contribution in [0.15, 0.2) is 41.3 Å². The number of hydrogen-bond donors (Lipinski definition) is 6. The first kappa shape index (κ1) is 21.6. The van der Waals surface area contributed by atoms with Crippen molar-refractivity contribution in [3.05, 3.63) is 58.0 Å². The van der Waals surface area contributed by atoms with Crippen LogP contribution in [0.1, 0.15) is 56.1 Å². The van der Waals surface area contributed by atoms with E-state index in [1.165, 1.54) is 5.56 Å². The normalized spacial score (nSPS) is 19.0. The first-order valence-electron chi connectivity index (χ1n) is 11.5. The van der Waals surface area contributed by atoms with Gasteiger partial charge in [-0.1, -0.05) is 19.1 Å². The van der Waals surface area contributed by atoms with E-state index in [1.807, 2.05) is 18.2 Å². The first-order chi connectivity index (χ1) is 15.1. The molecule has 0 spiro atoms. The van der Waals surface area contributed by atoms with E-state index >= 15 is 0 Å². The highest BCUT2D eigenvalue weighted by Crippen LogP contribution is 2.29. The summed E-state index contributed by atoms with van der Waals surface area (Å²) in [6.45, 7) is 6.23. The minimum absolute atomic E-state index is 0.0510. The van der Waals surface area contributed by atoms with E-state index in [2.05, 4.69) is 45.3 Å². The minimum atomic E-state index is -0.256. The van der Waals surface area contributed by atoms with E-state index in [9.17, 15) is 4.79 Å². The zero-order valence-electron chi connectivity index (χ0n) is 18.3. The third-order valence-corrected chi connectivity index (χ3v) is 6.84. The van der Waals surface area contributed by atoms with E-state index in [4.69, 9.17) is 5.41 Å². The van der Waals surface area contributed by atoms with Crippen molar-refractivity contribution in [2.24, 2.45) is 0 Å². The van der Waals surface area contributed by atoms with Crippen LogP contribution in [0, 0.1) is 5.41 Å². The quantitative estimate of drug-likeness (QED) is 0.317. The molecule has 0 amide bonds. The number of pyridine rings is 1. The fourth-order valence-electron chi connectivity index (χ4n) is 4.79. The average molecular weight is 423 g/mol. The summed E-state index contributed by atoms with van der Waals surface area (Å²) < 4.78 is 0. The van der Waals surface area contributed by atoms with Gasteiger partial charge in [-0.2, -0.15) is 0 Å². The van der Waals surface area contributed by atoms with Gasteiger partial charge < -0.3 is 26.3 Å². The van der Waals surface area contributed by atoms with Crippen molar-refractivity contribution in [3.63, 3.8) is 0 Å². The Balaban J connectivity index is 1.51. The first-order valence-corrected chi connectivity index (χ1v) is 11.5. The molecule has 3 heterocycles. The standard InChI is InChI=1S/C24H34N6O/c1-2-24(10-15-27-16-11-24)30-20-9-14-28-23(31)21(20)22(25)29-19-5-3-17(4-6-19)18-7-12-26-13-8-18/h3-6,9,14,18,26-27H,2,7-8,10-13,15-16H2,1H3,(H2,25,29)(H2,28,30,31). The summed E-state index contributed by atoms with van der Waals surface area (Å²) in [6, 6.07) is 10.2. The second-order valence-electron chi connectivity index (χ2n) is 8.75. The zero-order chi connectivity index (χ0) is 21.7. The molecule has 0 unspecified atom stereocenters. The molecule has 1 aromatic heterocycles. The maximum absolute atomic E-state index is 12.7. The van der Waals surface area contributed by atoms with Gasteiger partial charge in [0.2, 0.25) is 0 Å². The van der Waals surface area contributed by atoms with Crippen molar-refractivity contribution in [1.82, 2.24) is 15.6 Å². The molecule has 0 atom stereocenters. The number of nitrogens with one attached hydrogen (secondary N) is 6. The van der Waals surface area contributed by atoms with Gasteiger partial charge >= 0.3 is 0 Å². The maximum atomic E-state index is 12.7. The summed E-state index contributed by atoms with van der Waals surface area (Å²) in [6.07, 6.45) is 6.93. The smallest absolute Gasteiger partial charge is 0.261 e. The van der Waals surface area contributed by atoms with Crippen LogP contribution < -0.4 is 26.8 Å². The summed E-state index contributed by atoms with van der Waals surface area (Å²) in [5.74, 6) is 0.705. The highest BCUT2D eigenvalue weighted by Gasteiger charge is 2.31. The van der Waals surface area contributed by atoms with Gasteiger partial charge in [0.25, 0.3) is 5.56 Å². The van der Waals surface area contributed by atoms with Gasteiger partial charge in [0.05, 0.1) is 5.69 Å². The minimum Gasteiger partial charge on any atom is -0.379 e. The van der Waals surface area contributed by atoms with Crippen LogP contribution in [0.25, 0.3) is 0 Å². The molecule has 166 valence electrons. The number of H-pyrrole nitrogens is 1. The van der Waals surface area contributed by atoms with Crippen LogP contribution in [0.4, 0.5) is 11.4 Å². The molecule has 7 nitrogen and oxygen atoms in total. The number of piperidine rings is 2. The lowest BCUT2D eigenvalue weighted by atomic mass is 9.85. The lowest BCUT2D eigenvalue weighted by molar-refractivity contribution is 0.329. The Morgan fingerprint density at radius 1 is 1.06 bits per heavy atom. The van der Waals surface area contributed by atoms with Crippen LogP contribution in [-0.4, -0.2) is 42.5 Å². The molecule has 2 aliphatic rings. The zero-order valence-corrected chi connectivity index (χ0v) is 18.3. The van der Waals surface area contributed by atoms with Gasteiger partial charge in [-0.3, -0.25) is 10.2 Å². The maximum Gasteiger partial charge on any atom is 0.261 e. The van der Waals surface area contributed by atoms with Crippen molar-refractivity contribution in [2.75, 3.05) is 36.8 Å². The van der Waals surface area contributed by atoms with Crippen LogP contribution in [-0.2, 0) is 0 Å². The summed E-state index contributed by atoms with van der Waals surface area (Å²) in [5.41, 5.74) is 2.93. The SMILES string of the molecule is CCC1(Nc2cc[nH]c(=O)c2C(=N)Nc2ccc(C3CCNCC3)cc2)CCNCC1. The Morgan fingerprint density at radius 2 is 1.74 bits per heavy atom. The Labute approximate surface area is 183 Å². The molecule has 0 radical (unpaired) electrons. The van der Waals surface area contributed by atoms with Crippen molar-refractivity contribution in [2.45, 2.75) is 50.5 Å². The molecular formula is C24H34N6O. The molecule has 7 heteroatoms. The molecule has 2 aliphatic heterocycles. The van der Waals surface area contributed by atoms with Crippen LogP contribution in [0.5, 0.6) is 0 Å². The summed E-state index contributed by atoms with van der Waals surface area (Å²) in [5, 5.41) is 22.2. The van der Waals surface area contributed by atoms with Gasteiger partial charge in [-0.15, -0.1) is 0 Å². The fourth-order valence-corrected chi connectivity index (χ4v) is 4.79. The van der Waals surface area contributed by atoms with Crippen LogP contribution in [0.2, 0.25) is 0 Å². The molecule has 2 saturated heterocycles. The van der Waals surface area contributed by atoms with Crippen molar-refractivity contribution >= 4 is 17.2 Å². The molecule has 0 bridgehead atoms. The second-order valence-corrected chi connectivity index (χ2v) is 8.75. The predicted octanol–water partition coefficient (Wildman–Crippen LogP) is 3.22. The second kappa shape index (κ2) is 9.66. The monoisotopic (exact) mass is 422 g/mol. The number of aromatic nitrogens is 1. The van der Waals surface area contributed by atoms with E-state index in [-0.39, 0.29) is 16.9 Å². The highest BCUT2D eigenvalue weighted by atomic mass is 16.1. The molecule has 6 N–H and O–H groups in total. The number of benzene rings is 1. The Hall–Kier alpha value is -2.64. The Morgan fingerprint density at radius 3 is 2.42 bits per heavy atom. The Bertz CT molecular complexity index is 939. The van der Waals surface area contributed by atoms with Crippen LogP contribution >= 0.6 is 0 Å². The van der Waals surface area contributed by atoms with Gasteiger partial charge in [-0.25, -0.2) is 0 Å². The fraction of sp³-hybridized carbons (Fsp3) is 0.500. The van der Waals surface area contributed by atoms with Gasteiger partial charge in [0.1, 0.15) is 11.4 Å².